The van der Waals surface area contributed by atoms with E-state index in [-0.39, 0.29) is 0 Å². The minimum absolute atomic E-state index is 0.658. The molecule has 2 fully saturated rings. The van der Waals surface area contributed by atoms with Gasteiger partial charge in [-0.25, -0.2) is 9.97 Å². The molecule has 1 aromatic rings. The lowest BCUT2D eigenvalue weighted by atomic mass is 9.97. The van der Waals surface area contributed by atoms with Crippen molar-refractivity contribution in [3.8, 4) is 0 Å². The van der Waals surface area contributed by atoms with Gasteiger partial charge >= 0.3 is 0 Å². The highest BCUT2D eigenvalue weighted by Crippen LogP contribution is 2.20. The summed E-state index contributed by atoms with van der Waals surface area (Å²) in [7, 11) is 0. The van der Waals surface area contributed by atoms with Gasteiger partial charge in [-0.15, -0.1) is 0 Å². The van der Waals surface area contributed by atoms with Crippen LogP contribution in [0.4, 0.5) is 5.95 Å². The Morgan fingerprint density at radius 3 is 2.95 bits per heavy atom. The first-order chi connectivity index (χ1) is 9.85. The fraction of sp³-hybridized carbons (Fsp3) is 0.571. The van der Waals surface area contributed by atoms with E-state index in [1.807, 2.05) is 12.3 Å². The van der Waals surface area contributed by atoms with E-state index in [4.69, 9.17) is 5.73 Å². The maximum Gasteiger partial charge on any atom is 0.225 e. The van der Waals surface area contributed by atoms with Crippen molar-refractivity contribution in [2.24, 2.45) is 11.7 Å². The Morgan fingerprint density at radius 2 is 2.25 bits per heavy atom. The molecule has 2 saturated heterocycles. The number of anilines is 1. The molecule has 0 spiro atoms. The lowest BCUT2D eigenvalue weighted by molar-refractivity contribution is 0.411. The molecule has 0 atom stereocenters. The molecule has 0 aromatic carbocycles. The molecule has 4 N–H and O–H groups in total. The minimum atomic E-state index is 0.658. The van der Waals surface area contributed by atoms with Gasteiger partial charge in [-0.05, 0) is 37.4 Å². The van der Waals surface area contributed by atoms with Crippen LogP contribution in [-0.4, -0.2) is 42.8 Å². The van der Waals surface area contributed by atoms with Crippen LogP contribution in [0.15, 0.2) is 18.0 Å². The van der Waals surface area contributed by atoms with Gasteiger partial charge < -0.3 is 16.0 Å². The molecule has 6 nitrogen and oxygen atoms in total. The monoisotopic (exact) mass is 274 g/mol. The third-order valence-corrected chi connectivity index (χ3v) is 3.97. The summed E-state index contributed by atoms with van der Waals surface area (Å²) < 4.78 is 0. The molecule has 6 heteroatoms. The first kappa shape index (κ1) is 13.3. The van der Waals surface area contributed by atoms with Crippen molar-refractivity contribution in [3.05, 3.63) is 23.7 Å². The molecule has 0 unspecified atom stereocenters. The summed E-state index contributed by atoms with van der Waals surface area (Å²) in [5.41, 5.74) is 7.87. The van der Waals surface area contributed by atoms with E-state index in [2.05, 4.69) is 31.6 Å². The van der Waals surface area contributed by atoms with E-state index in [1.54, 1.807) is 0 Å². The van der Waals surface area contributed by atoms with Crippen LogP contribution in [0.2, 0.25) is 0 Å². The maximum absolute atomic E-state index is 5.73. The quantitative estimate of drug-likeness (QED) is 0.728. The zero-order valence-corrected chi connectivity index (χ0v) is 11.7. The summed E-state index contributed by atoms with van der Waals surface area (Å²) >= 11 is 0. The van der Waals surface area contributed by atoms with Crippen molar-refractivity contribution < 1.29 is 0 Å². The highest BCUT2D eigenvalue weighted by Gasteiger charge is 2.19. The summed E-state index contributed by atoms with van der Waals surface area (Å²) in [5, 5.41) is 6.52. The first-order valence-corrected chi connectivity index (χ1v) is 7.28. The number of hydrogen-bond acceptors (Lipinski definition) is 6. The second-order valence-electron chi connectivity index (χ2n) is 5.40. The molecular formula is C14H22N6. The summed E-state index contributed by atoms with van der Waals surface area (Å²) in [4.78, 5) is 11.3. The van der Waals surface area contributed by atoms with Gasteiger partial charge in [-0.2, -0.15) is 0 Å². The summed E-state index contributed by atoms with van der Waals surface area (Å²) in [6, 6.07) is 1.95. The average molecular weight is 274 g/mol. The number of nitrogens with one attached hydrogen (secondary N) is 2. The van der Waals surface area contributed by atoms with Crippen molar-refractivity contribution >= 4 is 12.0 Å². The van der Waals surface area contributed by atoms with E-state index in [0.29, 0.717) is 5.92 Å². The minimum Gasteiger partial charge on any atom is -0.375 e. The zero-order chi connectivity index (χ0) is 13.8. The van der Waals surface area contributed by atoms with Crippen molar-refractivity contribution in [1.82, 2.24) is 20.6 Å². The van der Waals surface area contributed by atoms with Crippen LogP contribution in [0, 0.1) is 5.92 Å². The van der Waals surface area contributed by atoms with E-state index < -0.39 is 0 Å². The third-order valence-electron chi connectivity index (χ3n) is 3.97. The van der Waals surface area contributed by atoms with Crippen LogP contribution in [0.3, 0.4) is 0 Å². The van der Waals surface area contributed by atoms with Gasteiger partial charge in [0.1, 0.15) is 0 Å². The van der Waals surface area contributed by atoms with Gasteiger partial charge in [0.15, 0.2) is 0 Å². The number of hydrogen-bond donors (Lipinski definition) is 3. The lowest BCUT2D eigenvalue weighted by Crippen LogP contribution is -2.37. The standard InChI is InChI=1S/C14H22N6/c15-8-11-2-5-20(6-3-11)14-17-4-1-12(19-14)7-13-9-16-10-18-13/h1,4,7,11,16,18H,2-3,5-6,8-10,15H2/b13-7+. The summed E-state index contributed by atoms with van der Waals surface area (Å²) in [5.74, 6) is 1.49. The smallest absolute Gasteiger partial charge is 0.225 e. The van der Waals surface area contributed by atoms with Crippen molar-refractivity contribution in [3.63, 3.8) is 0 Å². The Kier molecular flexibility index (Phi) is 4.13. The second-order valence-corrected chi connectivity index (χ2v) is 5.40. The fourth-order valence-corrected chi connectivity index (χ4v) is 2.68. The normalized spacial score (nSPS) is 22.2. The fourth-order valence-electron chi connectivity index (χ4n) is 2.68. The molecule has 0 amide bonds. The van der Waals surface area contributed by atoms with Crippen LogP contribution in [-0.2, 0) is 0 Å². The van der Waals surface area contributed by atoms with Crippen molar-refractivity contribution in [1.29, 1.82) is 0 Å². The van der Waals surface area contributed by atoms with E-state index in [0.717, 1.165) is 57.3 Å². The summed E-state index contributed by atoms with van der Waals surface area (Å²) in [6.45, 7) is 4.50. The van der Waals surface area contributed by atoms with Gasteiger partial charge in [0.05, 0.1) is 12.4 Å². The third kappa shape index (κ3) is 3.08. The molecule has 0 saturated carbocycles. The number of aromatic nitrogens is 2. The summed E-state index contributed by atoms with van der Waals surface area (Å²) in [6.07, 6.45) is 6.19. The van der Waals surface area contributed by atoms with Crippen molar-refractivity contribution in [2.45, 2.75) is 12.8 Å². The van der Waals surface area contributed by atoms with E-state index >= 15 is 0 Å². The topological polar surface area (TPSA) is 79.1 Å². The van der Waals surface area contributed by atoms with Gasteiger partial charge in [-0.1, -0.05) is 0 Å². The predicted octanol–water partition coefficient (Wildman–Crippen LogP) is 0.143. The van der Waals surface area contributed by atoms with Crippen LogP contribution in [0.5, 0.6) is 0 Å². The predicted molar refractivity (Wildman–Crippen MR) is 80.0 cm³/mol. The Labute approximate surface area is 119 Å². The highest BCUT2D eigenvalue weighted by molar-refractivity contribution is 5.51. The Bertz CT molecular complexity index is 470. The molecule has 0 radical (unpaired) electrons. The number of nitrogens with zero attached hydrogens (tertiary/aromatic N) is 3. The molecule has 20 heavy (non-hydrogen) atoms. The molecule has 2 aliphatic rings. The maximum atomic E-state index is 5.73. The molecular weight excluding hydrogens is 252 g/mol. The molecule has 108 valence electrons. The molecule has 0 aliphatic carbocycles. The van der Waals surface area contributed by atoms with Crippen LogP contribution in [0.1, 0.15) is 18.5 Å². The van der Waals surface area contributed by atoms with Gasteiger partial charge in [0, 0.05) is 31.5 Å². The molecule has 3 rings (SSSR count). The van der Waals surface area contributed by atoms with Crippen LogP contribution in [0.25, 0.3) is 6.08 Å². The average Bonchev–Trinajstić information content (AvgIpc) is 3.01. The van der Waals surface area contributed by atoms with Gasteiger partial charge in [-0.3, -0.25) is 5.32 Å². The van der Waals surface area contributed by atoms with Crippen LogP contribution >= 0.6 is 0 Å². The van der Waals surface area contributed by atoms with E-state index in [1.165, 1.54) is 5.70 Å². The van der Waals surface area contributed by atoms with E-state index in [9.17, 15) is 0 Å². The Hall–Kier alpha value is -1.66. The first-order valence-electron chi connectivity index (χ1n) is 7.28. The largest absolute Gasteiger partial charge is 0.375 e. The highest BCUT2D eigenvalue weighted by atomic mass is 15.3. The number of rotatable bonds is 3. The molecule has 3 heterocycles. The SMILES string of the molecule is NCC1CCN(c2nccc(/C=C3\CNCN3)n2)CC1. The Morgan fingerprint density at radius 1 is 1.40 bits per heavy atom. The molecule has 0 bridgehead atoms. The molecule has 2 aliphatic heterocycles. The number of piperidine rings is 1. The van der Waals surface area contributed by atoms with Gasteiger partial charge in [0.25, 0.3) is 0 Å². The number of nitrogens with two attached hydrogens (primary N) is 1. The Balaban J connectivity index is 1.70. The second kappa shape index (κ2) is 6.19. The van der Waals surface area contributed by atoms with Crippen LogP contribution < -0.4 is 21.3 Å². The van der Waals surface area contributed by atoms with Gasteiger partial charge in [0.2, 0.25) is 5.95 Å². The van der Waals surface area contributed by atoms with Crippen molar-refractivity contribution in [2.75, 3.05) is 37.7 Å². The zero-order valence-electron chi connectivity index (χ0n) is 11.7. The lowest BCUT2D eigenvalue weighted by Gasteiger charge is -2.31. The molecule has 1 aromatic heterocycles.